The Balaban J connectivity index is 1.29. The molecule has 1 aliphatic heterocycles. The lowest BCUT2D eigenvalue weighted by atomic mass is 10.1. The van der Waals surface area contributed by atoms with E-state index in [2.05, 4.69) is 4.57 Å². The third-order valence-corrected chi connectivity index (χ3v) is 10.9. The van der Waals surface area contributed by atoms with Gasteiger partial charge in [0.15, 0.2) is 15.6 Å². The fraction of sp³-hybridized carbons (Fsp3) is 0.323. The average molecular weight is 595 g/mol. The summed E-state index contributed by atoms with van der Waals surface area (Å²) in [4.78, 5) is 13.3. The van der Waals surface area contributed by atoms with Gasteiger partial charge in [-0.3, -0.25) is 4.79 Å². The molecule has 8 nitrogen and oxygen atoms in total. The van der Waals surface area contributed by atoms with E-state index in [0.29, 0.717) is 31.7 Å². The zero-order valence-electron chi connectivity index (χ0n) is 23.1. The summed E-state index contributed by atoms with van der Waals surface area (Å²) in [7, 11) is -7.36. The van der Waals surface area contributed by atoms with Crippen molar-refractivity contribution in [1.82, 2.24) is 8.87 Å². The topological polar surface area (TPSA) is 103 Å². The maximum atomic E-state index is 13.3. The zero-order valence-corrected chi connectivity index (χ0v) is 24.8. The van der Waals surface area contributed by atoms with Crippen LogP contribution in [-0.2, 0) is 31.1 Å². The number of fused-ring (bicyclic) bond motifs is 1. The van der Waals surface area contributed by atoms with Crippen LogP contribution in [0.1, 0.15) is 38.3 Å². The van der Waals surface area contributed by atoms with Crippen LogP contribution in [0.15, 0.2) is 94.9 Å². The van der Waals surface area contributed by atoms with Crippen LogP contribution in [0.4, 0.5) is 0 Å². The van der Waals surface area contributed by atoms with E-state index >= 15 is 0 Å². The van der Waals surface area contributed by atoms with Crippen LogP contribution in [0, 0.1) is 0 Å². The molecule has 1 aromatic heterocycles. The summed E-state index contributed by atoms with van der Waals surface area (Å²) in [6.45, 7) is 4.57. The molecule has 0 N–H and O–H groups in total. The van der Waals surface area contributed by atoms with Crippen molar-refractivity contribution in [2.45, 2.75) is 55.0 Å². The molecule has 3 aromatic carbocycles. The van der Waals surface area contributed by atoms with Gasteiger partial charge in [-0.25, -0.2) is 16.8 Å². The third-order valence-electron chi connectivity index (χ3n) is 7.31. The van der Waals surface area contributed by atoms with E-state index in [0.717, 1.165) is 16.5 Å². The van der Waals surface area contributed by atoms with E-state index in [1.54, 1.807) is 42.5 Å². The normalized spacial score (nSPS) is 15.4. The Morgan fingerprint density at radius 2 is 1.49 bits per heavy atom. The second-order valence-electron chi connectivity index (χ2n) is 10.6. The lowest BCUT2D eigenvalue weighted by molar-refractivity contribution is -0.116. The molecule has 10 heteroatoms. The van der Waals surface area contributed by atoms with Crippen molar-refractivity contribution >= 4 is 36.5 Å². The lowest BCUT2D eigenvalue weighted by Gasteiger charge is -2.32. The van der Waals surface area contributed by atoms with Crippen molar-refractivity contribution in [1.29, 1.82) is 0 Å². The average Bonchev–Trinajstić information content (AvgIpc) is 3.31. The molecule has 0 radical (unpaired) electrons. The van der Waals surface area contributed by atoms with E-state index in [1.807, 2.05) is 44.3 Å². The van der Waals surface area contributed by atoms with Gasteiger partial charge >= 0.3 is 0 Å². The van der Waals surface area contributed by atoms with E-state index in [1.165, 1.54) is 16.4 Å². The highest BCUT2D eigenvalue weighted by atomic mass is 32.2. The number of carbonyl (C=O) groups excluding carboxylic acids is 1. The van der Waals surface area contributed by atoms with Gasteiger partial charge in [-0.15, -0.1) is 0 Å². The number of ether oxygens (including phenoxy) is 1. The highest BCUT2D eigenvalue weighted by molar-refractivity contribution is 7.92. The standard InChI is InChI=1S/C31H34N2O6S2/c1-23(2)39-27-12-14-29(15-13-27)41(37,38)32-18-16-25(17-19-32)33-21-24(30-10-6-7-11-31(30)33)20-26(34)22-40(35,36)28-8-4-3-5-9-28/h3-15,21,23,25H,16-20,22H2,1-2H3. The minimum Gasteiger partial charge on any atom is -0.491 e. The third kappa shape index (κ3) is 6.39. The van der Waals surface area contributed by atoms with Crippen LogP contribution in [0.3, 0.4) is 0 Å². The number of hydrogen-bond acceptors (Lipinski definition) is 6. The SMILES string of the molecule is CC(C)Oc1ccc(S(=O)(=O)N2CCC(n3cc(CC(=O)CS(=O)(=O)c4ccccc4)c4ccccc43)CC2)cc1. The van der Waals surface area contributed by atoms with Gasteiger partial charge < -0.3 is 9.30 Å². The molecule has 0 amide bonds. The molecule has 1 saturated heterocycles. The van der Waals surface area contributed by atoms with Gasteiger partial charge in [-0.1, -0.05) is 36.4 Å². The second kappa shape index (κ2) is 11.8. The molecule has 0 aliphatic carbocycles. The maximum absolute atomic E-state index is 13.3. The molecule has 1 aliphatic rings. The minimum atomic E-state index is -3.72. The quantitative estimate of drug-likeness (QED) is 0.255. The first-order valence-corrected chi connectivity index (χ1v) is 16.8. The van der Waals surface area contributed by atoms with Crippen LogP contribution in [0.25, 0.3) is 10.9 Å². The number of nitrogens with zero attached hydrogens (tertiary/aromatic N) is 2. The van der Waals surface area contributed by atoms with E-state index in [9.17, 15) is 21.6 Å². The number of benzene rings is 3. The summed E-state index contributed by atoms with van der Waals surface area (Å²) < 4.78 is 61.4. The number of para-hydroxylation sites is 1. The summed E-state index contributed by atoms with van der Waals surface area (Å²) >= 11 is 0. The Labute approximate surface area is 241 Å². The summed E-state index contributed by atoms with van der Waals surface area (Å²) in [6.07, 6.45) is 3.16. The van der Waals surface area contributed by atoms with Gasteiger partial charge in [0.2, 0.25) is 10.0 Å². The minimum absolute atomic E-state index is 0.00205. The Morgan fingerprint density at radius 1 is 0.854 bits per heavy atom. The van der Waals surface area contributed by atoms with Crippen LogP contribution in [-0.4, -0.2) is 56.4 Å². The van der Waals surface area contributed by atoms with Gasteiger partial charge in [0.05, 0.1) is 15.9 Å². The molecule has 4 aromatic rings. The second-order valence-corrected chi connectivity index (χ2v) is 14.6. The van der Waals surface area contributed by atoms with Crippen molar-refractivity contribution in [2.75, 3.05) is 18.8 Å². The molecule has 0 saturated carbocycles. The molecule has 0 atom stereocenters. The van der Waals surface area contributed by atoms with Crippen molar-refractivity contribution in [3.05, 3.63) is 90.6 Å². The molecule has 0 spiro atoms. The predicted octanol–water partition coefficient (Wildman–Crippen LogP) is 5.04. The molecular formula is C31H34N2O6S2. The summed E-state index contributed by atoms with van der Waals surface area (Å²) in [5.74, 6) is -0.302. The number of sulfonamides is 1. The largest absolute Gasteiger partial charge is 0.491 e. The summed E-state index contributed by atoms with van der Waals surface area (Å²) in [6, 6.07) is 22.3. The zero-order chi connectivity index (χ0) is 29.2. The van der Waals surface area contributed by atoms with Crippen molar-refractivity contribution in [3.63, 3.8) is 0 Å². The van der Waals surface area contributed by atoms with Crippen molar-refractivity contribution in [2.24, 2.45) is 0 Å². The van der Waals surface area contributed by atoms with Gasteiger partial charge in [-0.05, 0) is 74.7 Å². The number of carbonyl (C=O) groups is 1. The molecule has 216 valence electrons. The first-order chi connectivity index (χ1) is 19.5. The fourth-order valence-electron chi connectivity index (χ4n) is 5.38. The van der Waals surface area contributed by atoms with Crippen LogP contribution in [0.5, 0.6) is 5.75 Å². The van der Waals surface area contributed by atoms with Crippen LogP contribution >= 0.6 is 0 Å². The number of sulfone groups is 1. The van der Waals surface area contributed by atoms with Gasteiger partial charge in [0, 0.05) is 42.7 Å². The Kier molecular flexibility index (Phi) is 8.35. The Morgan fingerprint density at radius 3 is 2.15 bits per heavy atom. The molecule has 0 bridgehead atoms. The monoisotopic (exact) mass is 594 g/mol. The number of hydrogen-bond donors (Lipinski definition) is 0. The number of rotatable bonds is 10. The lowest BCUT2D eigenvalue weighted by Crippen LogP contribution is -2.38. The van der Waals surface area contributed by atoms with Crippen LogP contribution in [0.2, 0.25) is 0 Å². The molecule has 2 heterocycles. The van der Waals surface area contributed by atoms with Crippen LogP contribution < -0.4 is 4.74 Å². The molecule has 41 heavy (non-hydrogen) atoms. The summed E-state index contributed by atoms with van der Waals surface area (Å²) in [5.41, 5.74) is 1.72. The predicted molar refractivity (Wildman–Crippen MR) is 158 cm³/mol. The Hall–Kier alpha value is -3.47. The first-order valence-electron chi connectivity index (χ1n) is 13.7. The smallest absolute Gasteiger partial charge is 0.243 e. The highest BCUT2D eigenvalue weighted by Gasteiger charge is 2.31. The van der Waals surface area contributed by atoms with Gasteiger partial charge in [0.1, 0.15) is 11.5 Å². The molecule has 0 unspecified atom stereocenters. The maximum Gasteiger partial charge on any atom is 0.243 e. The van der Waals surface area contributed by atoms with Gasteiger partial charge in [0.25, 0.3) is 0 Å². The molecular weight excluding hydrogens is 560 g/mol. The van der Waals surface area contributed by atoms with E-state index < -0.39 is 25.6 Å². The molecule has 5 rings (SSSR count). The number of Topliss-reactive ketones (excluding diaryl/α,β-unsaturated/α-hetero) is 1. The Bertz CT molecular complexity index is 1740. The van der Waals surface area contributed by atoms with E-state index in [-0.39, 0.29) is 34.1 Å². The van der Waals surface area contributed by atoms with Crippen molar-refractivity contribution < 1.29 is 26.4 Å². The first kappa shape index (κ1) is 29.0. The highest BCUT2D eigenvalue weighted by Crippen LogP contribution is 2.33. The summed E-state index contributed by atoms with van der Waals surface area (Å²) in [5, 5.41) is 0.900. The number of piperidine rings is 1. The molecule has 1 fully saturated rings. The van der Waals surface area contributed by atoms with Crippen molar-refractivity contribution in [3.8, 4) is 5.75 Å². The van der Waals surface area contributed by atoms with E-state index in [4.69, 9.17) is 4.74 Å². The fourth-order valence-corrected chi connectivity index (χ4v) is 8.11. The number of ketones is 1. The van der Waals surface area contributed by atoms with Gasteiger partial charge in [-0.2, -0.15) is 4.31 Å². The number of aromatic nitrogens is 1.